The van der Waals surface area contributed by atoms with Crippen LogP contribution in [-0.4, -0.2) is 35.0 Å². The predicted molar refractivity (Wildman–Crippen MR) is 80.5 cm³/mol. The first-order chi connectivity index (χ1) is 9.36. The number of sulfone groups is 1. The van der Waals surface area contributed by atoms with Gasteiger partial charge in [0.15, 0.2) is 15.6 Å². The summed E-state index contributed by atoms with van der Waals surface area (Å²) >= 11 is 3.44. The van der Waals surface area contributed by atoms with Crippen LogP contribution in [0, 0.1) is 6.92 Å². The van der Waals surface area contributed by atoms with E-state index in [0.717, 1.165) is 22.3 Å². The number of carbonyl (C=O) groups excluding carboxylic acids is 1. The van der Waals surface area contributed by atoms with Gasteiger partial charge in [-0.15, -0.1) is 0 Å². The molecule has 1 aliphatic heterocycles. The van der Waals surface area contributed by atoms with Gasteiger partial charge in [-0.1, -0.05) is 6.42 Å². The summed E-state index contributed by atoms with van der Waals surface area (Å²) in [6.45, 7) is 4.47. The molecule has 2 rings (SSSR count). The minimum atomic E-state index is -3.26. The Labute approximate surface area is 127 Å². The molecule has 1 unspecified atom stereocenters. The molecule has 5 nitrogen and oxygen atoms in total. The quantitative estimate of drug-likeness (QED) is 0.821. The van der Waals surface area contributed by atoms with Crippen molar-refractivity contribution in [2.24, 2.45) is 0 Å². The summed E-state index contributed by atoms with van der Waals surface area (Å²) in [4.78, 5) is 12.4. The first-order valence-corrected chi connectivity index (χ1v) is 9.33. The van der Waals surface area contributed by atoms with Gasteiger partial charge in [-0.05, 0) is 42.6 Å². The molecule has 1 aliphatic rings. The van der Waals surface area contributed by atoms with Crippen molar-refractivity contribution in [2.75, 3.05) is 5.75 Å². The lowest BCUT2D eigenvalue weighted by atomic mass is 10.1. The summed E-state index contributed by atoms with van der Waals surface area (Å²) in [5.74, 6) is -0.0728. The molecule has 1 aromatic heterocycles. The average Bonchev–Trinajstić information content (AvgIpc) is 2.65. The first-order valence-electron chi connectivity index (χ1n) is 6.83. The molecule has 1 fully saturated rings. The van der Waals surface area contributed by atoms with Crippen LogP contribution >= 0.6 is 15.9 Å². The second-order valence-corrected chi connectivity index (χ2v) is 8.25. The van der Waals surface area contributed by atoms with Crippen LogP contribution in [0.5, 0.6) is 0 Å². The maximum Gasteiger partial charge on any atom is 0.160 e. The Morgan fingerprint density at radius 2 is 2.15 bits per heavy atom. The highest BCUT2D eigenvalue weighted by Crippen LogP contribution is 2.25. The zero-order chi connectivity index (χ0) is 14.9. The highest BCUT2D eigenvalue weighted by atomic mass is 79.9. The maximum atomic E-state index is 12.4. The molecule has 0 spiro atoms. The van der Waals surface area contributed by atoms with Gasteiger partial charge in [0.25, 0.3) is 0 Å². The maximum absolute atomic E-state index is 12.4. The highest BCUT2D eigenvalue weighted by molar-refractivity contribution is 9.10. The third-order valence-electron chi connectivity index (χ3n) is 3.73. The molecule has 1 saturated heterocycles. The molecular weight excluding hydrogens is 344 g/mol. The Morgan fingerprint density at radius 1 is 1.45 bits per heavy atom. The Balaban J connectivity index is 2.24. The number of ketones is 1. The Bertz CT molecular complexity index is 622. The van der Waals surface area contributed by atoms with Gasteiger partial charge >= 0.3 is 0 Å². The van der Waals surface area contributed by atoms with E-state index in [2.05, 4.69) is 21.0 Å². The van der Waals surface area contributed by atoms with Crippen molar-refractivity contribution in [3.05, 3.63) is 15.9 Å². The highest BCUT2D eigenvalue weighted by Gasteiger charge is 2.35. The molecule has 0 aromatic carbocycles. The van der Waals surface area contributed by atoms with Gasteiger partial charge in [-0.3, -0.25) is 9.48 Å². The van der Waals surface area contributed by atoms with Gasteiger partial charge in [0.1, 0.15) is 5.25 Å². The fraction of sp³-hybridized carbons (Fsp3) is 0.692. The van der Waals surface area contributed by atoms with E-state index in [4.69, 9.17) is 0 Å². The normalized spacial score (nSPS) is 21.9. The summed E-state index contributed by atoms with van der Waals surface area (Å²) in [5, 5.41) is 3.50. The van der Waals surface area contributed by atoms with Crippen molar-refractivity contribution in [1.29, 1.82) is 0 Å². The summed E-state index contributed by atoms with van der Waals surface area (Å²) in [7, 11) is -3.26. The third-order valence-corrected chi connectivity index (χ3v) is 6.99. The van der Waals surface area contributed by atoms with E-state index in [1.807, 2.05) is 13.8 Å². The van der Waals surface area contributed by atoms with Crippen LogP contribution in [0.4, 0.5) is 0 Å². The van der Waals surface area contributed by atoms with E-state index in [1.165, 1.54) is 0 Å². The third kappa shape index (κ3) is 2.98. The van der Waals surface area contributed by atoms with Crippen LogP contribution in [0.15, 0.2) is 4.47 Å². The zero-order valence-corrected chi connectivity index (χ0v) is 14.1. The van der Waals surface area contributed by atoms with Gasteiger partial charge in [-0.2, -0.15) is 5.10 Å². The molecule has 112 valence electrons. The van der Waals surface area contributed by atoms with E-state index in [-0.39, 0.29) is 18.0 Å². The second kappa shape index (κ2) is 5.97. The number of nitrogens with zero attached hydrogens (tertiary/aromatic N) is 2. The molecule has 0 radical (unpaired) electrons. The first kappa shape index (κ1) is 15.7. The lowest BCUT2D eigenvalue weighted by Gasteiger charge is -2.21. The van der Waals surface area contributed by atoms with Crippen LogP contribution in [-0.2, 0) is 27.6 Å². The Kier molecular flexibility index (Phi) is 4.69. The topological polar surface area (TPSA) is 69.0 Å². The molecule has 0 bridgehead atoms. The molecule has 0 N–H and O–H groups in total. The van der Waals surface area contributed by atoms with Crippen LogP contribution in [0.2, 0.25) is 0 Å². The van der Waals surface area contributed by atoms with Crippen molar-refractivity contribution < 1.29 is 13.2 Å². The van der Waals surface area contributed by atoms with E-state index in [1.54, 1.807) is 4.68 Å². The lowest BCUT2D eigenvalue weighted by Crippen LogP contribution is -2.36. The van der Waals surface area contributed by atoms with Crippen LogP contribution in [0.3, 0.4) is 0 Å². The number of rotatable bonds is 4. The van der Waals surface area contributed by atoms with Crippen molar-refractivity contribution in [2.45, 2.75) is 51.3 Å². The minimum Gasteiger partial charge on any atom is -0.298 e. The van der Waals surface area contributed by atoms with Crippen LogP contribution in [0.25, 0.3) is 0 Å². The smallest absolute Gasteiger partial charge is 0.160 e. The fourth-order valence-corrected chi connectivity index (χ4v) is 4.96. The van der Waals surface area contributed by atoms with Gasteiger partial charge in [0.05, 0.1) is 28.0 Å². The Morgan fingerprint density at radius 3 is 2.75 bits per heavy atom. The van der Waals surface area contributed by atoms with E-state index >= 15 is 0 Å². The zero-order valence-electron chi connectivity index (χ0n) is 11.7. The van der Waals surface area contributed by atoms with Crippen LogP contribution < -0.4 is 0 Å². The second-order valence-electron chi connectivity index (χ2n) is 5.16. The Hall–Kier alpha value is -0.690. The van der Waals surface area contributed by atoms with E-state index in [9.17, 15) is 13.2 Å². The SMILES string of the molecule is CCn1nc(C)c(Br)c1CC(=O)C1CCCCS1(=O)=O. The van der Waals surface area contributed by atoms with Crippen LogP contribution in [0.1, 0.15) is 37.6 Å². The number of hydrogen-bond acceptors (Lipinski definition) is 4. The average molecular weight is 363 g/mol. The summed E-state index contributed by atoms with van der Waals surface area (Å²) in [5.41, 5.74) is 1.59. The molecule has 1 aromatic rings. The number of aryl methyl sites for hydroxylation is 2. The van der Waals surface area contributed by atoms with E-state index in [0.29, 0.717) is 19.4 Å². The molecule has 1 atom stereocenters. The molecule has 20 heavy (non-hydrogen) atoms. The van der Waals surface area contributed by atoms with Crippen molar-refractivity contribution in [3.8, 4) is 0 Å². The predicted octanol–water partition coefficient (Wildman–Crippen LogP) is 2.05. The molecule has 0 saturated carbocycles. The van der Waals surface area contributed by atoms with Gasteiger partial charge < -0.3 is 0 Å². The van der Waals surface area contributed by atoms with Crippen molar-refractivity contribution >= 4 is 31.6 Å². The molecule has 0 aliphatic carbocycles. The fourth-order valence-electron chi connectivity index (χ4n) is 2.63. The number of carbonyl (C=O) groups is 1. The summed E-state index contributed by atoms with van der Waals surface area (Å²) < 4.78 is 26.6. The molecular formula is C13H19BrN2O3S. The number of halogens is 1. The number of hydrogen-bond donors (Lipinski definition) is 0. The molecule has 2 heterocycles. The van der Waals surface area contributed by atoms with Crippen molar-refractivity contribution in [1.82, 2.24) is 9.78 Å². The van der Waals surface area contributed by atoms with Gasteiger partial charge in [0, 0.05) is 6.54 Å². The number of Topliss-reactive ketones (excluding diaryl/α,β-unsaturated/α-hetero) is 1. The van der Waals surface area contributed by atoms with Crippen molar-refractivity contribution in [3.63, 3.8) is 0 Å². The molecule has 0 amide bonds. The number of aromatic nitrogens is 2. The van der Waals surface area contributed by atoms with Gasteiger partial charge in [0.2, 0.25) is 0 Å². The monoisotopic (exact) mass is 362 g/mol. The van der Waals surface area contributed by atoms with Gasteiger partial charge in [-0.25, -0.2) is 8.42 Å². The standard InChI is InChI=1S/C13H19BrN2O3S/c1-3-16-10(13(14)9(2)15-16)8-11(17)12-6-4-5-7-20(12,18)19/h12H,3-8H2,1-2H3. The minimum absolute atomic E-state index is 0.124. The van der Waals surface area contributed by atoms with E-state index < -0.39 is 15.1 Å². The lowest BCUT2D eigenvalue weighted by molar-refractivity contribution is -0.118. The molecule has 7 heteroatoms. The summed E-state index contributed by atoms with van der Waals surface area (Å²) in [6.07, 6.45) is 2.06. The summed E-state index contributed by atoms with van der Waals surface area (Å²) in [6, 6.07) is 0. The largest absolute Gasteiger partial charge is 0.298 e.